The quantitative estimate of drug-likeness (QED) is 0.739. The molecule has 0 aliphatic heterocycles. The van der Waals surface area contributed by atoms with Crippen molar-refractivity contribution < 1.29 is 8.78 Å². The van der Waals surface area contributed by atoms with Gasteiger partial charge in [-0.1, -0.05) is 15.9 Å². The van der Waals surface area contributed by atoms with Gasteiger partial charge in [0.2, 0.25) is 0 Å². The molecule has 0 spiro atoms. The Kier molecular flexibility index (Phi) is 3.42. The number of hydrogen-bond acceptors (Lipinski definition) is 3. The van der Waals surface area contributed by atoms with Crippen LogP contribution in [0.1, 0.15) is 0 Å². The lowest BCUT2D eigenvalue weighted by molar-refractivity contribution is 0.587. The fraction of sp³-hybridized carbons (Fsp3) is 0. The lowest BCUT2D eigenvalue weighted by atomic mass is 10.0. The van der Waals surface area contributed by atoms with Crippen molar-refractivity contribution in [2.45, 2.75) is 0 Å². The number of pyridine rings is 1. The highest BCUT2D eigenvalue weighted by molar-refractivity contribution is 9.10. The first-order valence-corrected chi connectivity index (χ1v) is 6.76. The van der Waals surface area contributed by atoms with E-state index in [9.17, 15) is 8.78 Å². The monoisotopic (exact) mass is 350 g/mol. The topological polar surface area (TPSA) is 67.6 Å². The Labute approximate surface area is 127 Å². The molecule has 4 nitrogen and oxygen atoms in total. The lowest BCUT2D eigenvalue weighted by Crippen LogP contribution is -1.94. The molecule has 106 valence electrons. The molecule has 0 unspecified atom stereocenters. The van der Waals surface area contributed by atoms with Crippen molar-refractivity contribution in [3.63, 3.8) is 0 Å². The second-order valence-corrected chi connectivity index (χ2v) is 5.25. The number of aromatic nitrogens is 3. The molecule has 0 saturated carbocycles. The van der Waals surface area contributed by atoms with E-state index in [1.54, 1.807) is 24.5 Å². The van der Waals surface area contributed by atoms with Gasteiger partial charge in [-0.25, -0.2) is 8.78 Å². The number of nitrogens with zero attached hydrogens (tertiary/aromatic N) is 2. The van der Waals surface area contributed by atoms with E-state index in [4.69, 9.17) is 5.73 Å². The third-order valence-corrected chi connectivity index (χ3v) is 3.48. The fourth-order valence-corrected chi connectivity index (χ4v) is 2.53. The van der Waals surface area contributed by atoms with Gasteiger partial charge in [-0.15, -0.1) is 0 Å². The zero-order valence-corrected chi connectivity index (χ0v) is 12.2. The third kappa shape index (κ3) is 2.40. The molecule has 0 bridgehead atoms. The summed E-state index contributed by atoms with van der Waals surface area (Å²) in [4.78, 5) is 3.91. The van der Waals surface area contributed by atoms with Gasteiger partial charge in [-0.05, 0) is 29.8 Å². The van der Waals surface area contributed by atoms with Crippen molar-refractivity contribution in [1.29, 1.82) is 0 Å². The summed E-state index contributed by atoms with van der Waals surface area (Å²) in [6, 6.07) is 5.76. The third-order valence-electron chi connectivity index (χ3n) is 3.02. The molecule has 7 heteroatoms. The van der Waals surface area contributed by atoms with Crippen LogP contribution >= 0.6 is 15.9 Å². The zero-order valence-electron chi connectivity index (χ0n) is 10.6. The van der Waals surface area contributed by atoms with Crippen LogP contribution < -0.4 is 5.73 Å². The van der Waals surface area contributed by atoms with Crippen LogP contribution in [0.5, 0.6) is 0 Å². The van der Waals surface area contributed by atoms with Crippen molar-refractivity contribution in [1.82, 2.24) is 15.2 Å². The second kappa shape index (κ2) is 5.25. The summed E-state index contributed by atoms with van der Waals surface area (Å²) < 4.78 is 28.6. The molecule has 2 aromatic heterocycles. The summed E-state index contributed by atoms with van der Waals surface area (Å²) in [7, 11) is 0. The Morgan fingerprint density at radius 3 is 2.29 bits per heavy atom. The average Bonchev–Trinajstić information content (AvgIpc) is 2.80. The molecule has 0 atom stereocenters. The predicted molar refractivity (Wildman–Crippen MR) is 79.3 cm³/mol. The van der Waals surface area contributed by atoms with Crippen molar-refractivity contribution in [3.05, 3.63) is 52.8 Å². The number of H-pyrrole nitrogens is 1. The van der Waals surface area contributed by atoms with Gasteiger partial charge in [0, 0.05) is 16.9 Å². The zero-order chi connectivity index (χ0) is 15.0. The molecule has 0 fully saturated rings. The van der Waals surface area contributed by atoms with E-state index < -0.39 is 11.6 Å². The molecular formula is C14H9BrF2N4. The van der Waals surface area contributed by atoms with Crippen molar-refractivity contribution in [2.75, 3.05) is 5.73 Å². The molecule has 2 heterocycles. The van der Waals surface area contributed by atoms with Gasteiger partial charge < -0.3 is 5.73 Å². The summed E-state index contributed by atoms with van der Waals surface area (Å²) in [6.45, 7) is 0. The molecule has 1 aromatic carbocycles. The first-order chi connectivity index (χ1) is 10.1. The number of nitrogens with two attached hydrogens (primary N) is 1. The Bertz CT molecular complexity index is 779. The first-order valence-electron chi connectivity index (χ1n) is 5.97. The molecule has 3 N–H and O–H groups in total. The number of nitrogens with one attached hydrogen (secondary N) is 1. The molecule has 0 radical (unpaired) electrons. The van der Waals surface area contributed by atoms with Gasteiger partial charge in [-0.2, -0.15) is 5.10 Å². The number of hydrogen-bond donors (Lipinski definition) is 2. The highest BCUT2D eigenvalue weighted by atomic mass is 79.9. The minimum absolute atomic E-state index is 0.165. The van der Waals surface area contributed by atoms with Crippen LogP contribution in [0.2, 0.25) is 0 Å². The Morgan fingerprint density at radius 2 is 1.67 bits per heavy atom. The molecular weight excluding hydrogens is 342 g/mol. The van der Waals surface area contributed by atoms with Gasteiger partial charge in [-0.3, -0.25) is 10.1 Å². The Balaban J connectivity index is 2.27. The molecule has 21 heavy (non-hydrogen) atoms. The van der Waals surface area contributed by atoms with Crippen LogP contribution in [0.25, 0.3) is 22.4 Å². The predicted octanol–water partition coefficient (Wildman–Crippen LogP) is 3.76. The first kappa shape index (κ1) is 13.7. The summed E-state index contributed by atoms with van der Waals surface area (Å²) >= 11 is 3.05. The number of halogens is 3. The van der Waals surface area contributed by atoms with Crippen LogP contribution in [-0.4, -0.2) is 15.2 Å². The van der Waals surface area contributed by atoms with E-state index in [0.29, 0.717) is 15.6 Å². The largest absolute Gasteiger partial charge is 0.382 e. The van der Waals surface area contributed by atoms with Crippen molar-refractivity contribution >= 4 is 21.7 Å². The number of benzene rings is 1. The number of aromatic amines is 1. The smallest absolute Gasteiger partial charge is 0.153 e. The minimum Gasteiger partial charge on any atom is -0.382 e. The number of rotatable bonds is 2. The van der Waals surface area contributed by atoms with Gasteiger partial charge in [0.15, 0.2) is 5.82 Å². The maximum atomic E-state index is 14.1. The van der Waals surface area contributed by atoms with Crippen LogP contribution in [0, 0.1) is 11.6 Å². The lowest BCUT2D eigenvalue weighted by Gasteiger charge is -2.07. The van der Waals surface area contributed by atoms with E-state index in [1.807, 2.05) is 0 Å². The molecule has 3 aromatic rings. The molecule has 0 amide bonds. The average molecular weight is 351 g/mol. The van der Waals surface area contributed by atoms with Gasteiger partial charge in [0.25, 0.3) is 0 Å². The highest BCUT2D eigenvalue weighted by Gasteiger charge is 2.21. The summed E-state index contributed by atoms with van der Waals surface area (Å²) in [5.41, 5.74) is 6.94. The van der Waals surface area contributed by atoms with E-state index in [1.165, 1.54) is 12.1 Å². The molecule has 0 aliphatic rings. The van der Waals surface area contributed by atoms with Gasteiger partial charge in [0.05, 0.1) is 16.8 Å². The van der Waals surface area contributed by atoms with Crippen LogP contribution in [0.15, 0.2) is 41.1 Å². The Hall–Kier alpha value is -2.28. The summed E-state index contributed by atoms with van der Waals surface area (Å²) in [6.07, 6.45) is 3.14. The standard InChI is InChI=1S/C14H9BrF2N4/c15-8-5-9(16)12(10(17)6-8)13-11(14(18)21-20-13)7-1-3-19-4-2-7/h1-6H,(H3,18,20,21). The number of nitrogen functional groups attached to an aromatic ring is 1. The molecule has 3 rings (SSSR count). The van der Waals surface area contributed by atoms with Gasteiger partial charge in [0.1, 0.15) is 11.6 Å². The molecule has 0 aliphatic carbocycles. The number of anilines is 1. The fourth-order valence-electron chi connectivity index (χ4n) is 2.13. The van der Waals surface area contributed by atoms with Crippen LogP contribution in [0.3, 0.4) is 0 Å². The Morgan fingerprint density at radius 1 is 1.05 bits per heavy atom. The van der Waals surface area contributed by atoms with E-state index in [-0.39, 0.29) is 17.1 Å². The summed E-state index contributed by atoms with van der Waals surface area (Å²) in [5.74, 6) is -1.25. The molecule has 0 saturated heterocycles. The van der Waals surface area contributed by atoms with Crippen molar-refractivity contribution in [2.24, 2.45) is 0 Å². The van der Waals surface area contributed by atoms with Crippen LogP contribution in [0.4, 0.5) is 14.6 Å². The maximum Gasteiger partial charge on any atom is 0.153 e. The maximum absolute atomic E-state index is 14.1. The van der Waals surface area contributed by atoms with Crippen LogP contribution in [-0.2, 0) is 0 Å². The SMILES string of the molecule is Nc1n[nH]c(-c2c(F)cc(Br)cc2F)c1-c1ccncc1. The van der Waals surface area contributed by atoms with Crippen molar-refractivity contribution in [3.8, 4) is 22.4 Å². The summed E-state index contributed by atoms with van der Waals surface area (Å²) in [5, 5.41) is 6.46. The minimum atomic E-state index is -0.708. The van der Waals surface area contributed by atoms with E-state index in [0.717, 1.165) is 0 Å². The van der Waals surface area contributed by atoms with Gasteiger partial charge >= 0.3 is 0 Å². The highest BCUT2D eigenvalue weighted by Crippen LogP contribution is 2.37. The van der Waals surface area contributed by atoms with E-state index >= 15 is 0 Å². The van der Waals surface area contributed by atoms with E-state index in [2.05, 4.69) is 31.1 Å². The normalized spacial score (nSPS) is 10.8. The second-order valence-electron chi connectivity index (χ2n) is 4.34.